The van der Waals surface area contributed by atoms with E-state index in [9.17, 15) is 4.79 Å². The first kappa shape index (κ1) is 13.4. The van der Waals surface area contributed by atoms with E-state index in [1.54, 1.807) is 6.07 Å². The average molecular weight is 312 g/mol. The van der Waals surface area contributed by atoms with Crippen LogP contribution in [0.25, 0.3) is 5.78 Å². The summed E-state index contributed by atoms with van der Waals surface area (Å²) < 4.78 is 11.9. The zero-order valence-corrected chi connectivity index (χ0v) is 12.4. The molecule has 4 rings (SSSR count). The van der Waals surface area contributed by atoms with Crippen molar-refractivity contribution in [3.05, 3.63) is 35.5 Å². The van der Waals surface area contributed by atoms with E-state index in [1.807, 2.05) is 19.9 Å². The van der Waals surface area contributed by atoms with E-state index < -0.39 is 5.91 Å². The smallest absolute Gasteiger partial charge is 0.295 e. The maximum absolute atomic E-state index is 12.3. The topological polar surface area (TPSA) is 104 Å². The van der Waals surface area contributed by atoms with Gasteiger partial charge in [-0.15, -0.1) is 5.10 Å². The highest BCUT2D eigenvalue weighted by molar-refractivity contribution is 6.01. The molecular formula is C14H12N6O3. The maximum Gasteiger partial charge on any atom is 0.295 e. The summed E-state index contributed by atoms with van der Waals surface area (Å²) in [5, 5.41) is 6.86. The zero-order chi connectivity index (χ0) is 16.0. The van der Waals surface area contributed by atoms with E-state index in [-0.39, 0.29) is 12.6 Å². The van der Waals surface area contributed by atoms with Gasteiger partial charge in [0, 0.05) is 17.5 Å². The van der Waals surface area contributed by atoms with Crippen molar-refractivity contribution in [2.75, 3.05) is 12.1 Å². The molecule has 0 saturated carbocycles. The Morgan fingerprint density at radius 1 is 1.26 bits per heavy atom. The zero-order valence-electron chi connectivity index (χ0n) is 12.4. The van der Waals surface area contributed by atoms with Crippen molar-refractivity contribution in [3.63, 3.8) is 0 Å². The van der Waals surface area contributed by atoms with Crippen LogP contribution in [-0.4, -0.2) is 37.3 Å². The summed E-state index contributed by atoms with van der Waals surface area (Å²) in [4.78, 5) is 24.8. The quantitative estimate of drug-likeness (QED) is 0.756. The molecule has 3 aromatic heterocycles. The Hall–Kier alpha value is -3.23. The van der Waals surface area contributed by atoms with Crippen molar-refractivity contribution < 1.29 is 14.3 Å². The number of rotatable bonds is 2. The van der Waals surface area contributed by atoms with Gasteiger partial charge >= 0.3 is 0 Å². The fourth-order valence-electron chi connectivity index (χ4n) is 2.31. The molecule has 0 aromatic carbocycles. The number of nitrogens with one attached hydrogen (secondary N) is 1. The molecule has 1 aliphatic rings. The van der Waals surface area contributed by atoms with Crippen LogP contribution >= 0.6 is 0 Å². The highest BCUT2D eigenvalue weighted by Crippen LogP contribution is 2.31. The van der Waals surface area contributed by atoms with E-state index in [1.165, 1.54) is 10.7 Å². The van der Waals surface area contributed by atoms with Crippen LogP contribution in [0.1, 0.15) is 22.0 Å². The predicted molar refractivity (Wildman–Crippen MR) is 78.6 cm³/mol. The lowest BCUT2D eigenvalue weighted by atomic mass is 10.3. The van der Waals surface area contributed by atoms with Crippen LogP contribution in [0.4, 0.5) is 5.69 Å². The highest BCUT2D eigenvalue weighted by atomic mass is 16.7. The van der Waals surface area contributed by atoms with Crippen molar-refractivity contribution in [1.29, 1.82) is 0 Å². The number of amides is 1. The van der Waals surface area contributed by atoms with Gasteiger partial charge in [0.15, 0.2) is 5.75 Å². The van der Waals surface area contributed by atoms with Gasteiger partial charge in [-0.05, 0) is 19.9 Å². The largest absolute Gasteiger partial charge is 0.452 e. The molecule has 0 saturated heterocycles. The second kappa shape index (κ2) is 4.90. The second-order valence-corrected chi connectivity index (χ2v) is 5.07. The molecule has 4 heterocycles. The summed E-state index contributed by atoms with van der Waals surface area (Å²) in [5.41, 5.74) is 2.14. The normalized spacial score (nSPS) is 12.6. The van der Waals surface area contributed by atoms with Crippen LogP contribution in [0, 0.1) is 13.8 Å². The summed E-state index contributed by atoms with van der Waals surface area (Å²) >= 11 is 0. The summed E-state index contributed by atoms with van der Waals surface area (Å²) in [7, 11) is 0. The van der Waals surface area contributed by atoms with Crippen LogP contribution in [0.3, 0.4) is 0 Å². The predicted octanol–water partition coefficient (Wildman–Crippen LogP) is 1.12. The van der Waals surface area contributed by atoms with Gasteiger partial charge < -0.3 is 14.8 Å². The van der Waals surface area contributed by atoms with Gasteiger partial charge in [0.2, 0.25) is 12.6 Å². The van der Waals surface area contributed by atoms with Crippen LogP contribution in [-0.2, 0) is 0 Å². The standard InChI is InChI=1S/C14H12N6O3/c1-7-3-8(2)20-14(16-7)18-11(19-20)12(21)17-9-4-10-13(15-5-9)23-6-22-10/h3-5H,6H2,1-2H3,(H,17,21). The van der Waals surface area contributed by atoms with Gasteiger partial charge in [0.1, 0.15) is 0 Å². The Balaban J connectivity index is 1.63. The Morgan fingerprint density at radius 2 is 2.13 bits per heavy atom. The summed E-state index contributed by atoms with van der Waals surface area (Å²) in [6.45, 7) is 3.86. The van der Waals surface area contributed by atoms with Crippen molar-refractivity contribution in [2.45, 2.75) is 13.8 Å². The lowest BCUT2D eigenvalue weighted by molar-refractivity contribution is 0.101. The van der Waals surface area contributed by atoms with E-state index in [0.717, 1.165) is 11.4 Å². The molecule has 116 valence electrons. The number of fused-ring (bicyclic) bond motifs is 2. The van der Waals surface area contributed by atoms with Crippen LogP contribution in [0.5, 0.6) is 11.6 Å². The van der Waals surface area contributed by atoms with Crippen molar-refractivity contribution in [3.8, 4) is 11.6 Å². The van der Waals surface area contributed by atoms with Gasteiger partial charge in [-0.3, -0.25) is 4.79 Å². The van der Waals surface area contributed by atoms with E-state index in [0.29, 0.717) is 23.1 Å². The third kappa shape index (κ3) is 2.31. The molecule has 9 nitrogen and oxygen atoms in total. The summed E-state index contributed by atoms with van der Waals surface area (Å²) in [6, 6.07) is 3.50. The van der Waals surface area contributed by atoms with Crippen LogP contribution in [0.15, 0.2) is 18.3 Å². The third-order valence-electron chi connectivity index (χ3n) is 3.31. The van der Waals surface area contributed by atoms with Gasteiger partial charge in [0.25, 0.3) is 17.6 Å². The number of nitrogens with zero attached hydrogens (tertiary/aromatic N) is 5. The third-order valence-corrected chi connectivity index (χ3v) is 3.31. The minimum absolute atomic E-state index is 0.0314. The molecule has 0 aliphatic carbocycles. The van der Waals surface area contributed by atoms with Crippen LogP contribution in [0.2, 0.25) is 0 Å². The molecule has 23 heavy (non-hydrogen) atoms. The van der Waals surface area contributed by atoms with Crippen molar-refractivity contribution in [2.24, 2.45) is 0 Å². The number of hydrogen-bond donors (Lipinski definition) is 1. The molecule has 0 radical (unpaired) electrons. The Kier molecular flexibility index (Phi) is 2.86. The number of carbonyl (C=O) groups excluding carboxylic acids is 1. The first-order valence-corrected chi connectivity index (χ1v) is 6.88. The number of aryl methyl sites for hydroxylation is 2. The molecule has 1 aliphatic heterocycles. The van der Waals surface area contributed by atoms with Crippen molar-refractivity contribution >= 4 is 17.4 Å². The SMILES string of the molecule is Cc1cc(C)n2nc(C(=O)Nc3cnc4c(c3)OCO4)nc2n1. The van der Waals surface area contributed by atoms with Gasteiger partial charge in [0.05, 0.1) is 11.9 Å². The lowest BCUT2D eigenvalue weighted by Crippen LogP contribution is -2.14. The highest BCUT2D eigenvalue weighted by Gasteiger charge is 2.18. The molecule has 3 aromatic rings. The second-order valence-electron chi connectivity index (χ2n) is 5.07. The number of anilines is 1. The number of hydrogen-bond acceptors (Lipinski definition) is 7. The molecule has 0 unspecified atom stereocenters. The molecule has 9 heteroatoms. The molecule has 0 fully saturated rings. The monoisotopic (exact) mass is 312 g/mol. The fourth-order valence-corrected chi connectivity index (χ4v) is 2.31. The number of ether oxygens (including phenoxy) is 2. The Labute approximate surface area is 130 Å². The number of aromatic nitrogens is 5. The first-order valence-electron chi connectivity index (χ1n) is 6.88. The summed E-state index contributed by atoms with van der Waals surface area (Å²) in [5.74, 6) is 0.858. The summed E-state index contributed by atoms with van der Waals surface area (Å²) in [6.07, 6.45) is 1.48. The number of pyridine rings is 1. The average Bonchev–Trinajstić information content (AvgIpc) is 3.12. The van der Waals surface area contributed by atoms with Crippen molar-refractivity contribution in [1.82, 2.24) is 24.6 Å². The van der Waals surface area contributed by atoms with E-state index >= 15 is 0 Å². The van der Waals surface area contributed by atoms with E-state index in [4.69, 9.17) is 9.47 Å². The Morgan fingerprint density at radius 3 is 3.00 bits per heavy atom. The lowest BCUT2D eigenvalue weighted by Gasteiger charge is -2.02. The van der Waals surface area contributed by atoms with Gasteiger partial charge in [-0.1, -0.05) is 0 Å². The molecular weight excluding hydrogens is 300 g/mol. The van der Waals surface area contributed by atoms with E-state index in [2.05, 4.69) is 25.4 Å². The maximum atomic E-state index is 12.3. The molecule has 1 amide bonds. The fraction of sp³-hybridized carbons (Fsp3) is 0.214. The molecule has 1 N–H and O–H groups in total. The van der Waals surface area contributed by atoms with Crippen LogP contribution < -0.4 is 14.8 Å². The minimum atomic E-state index is -0.451. The Bertz CT molecular complexity index is 936. The molecule has 0 spiro atoms. The van der Waals surface area contributed by atoms with Gasteiger partial charge in [-0.25, -0.2) is 14.5 Å². The first-order chi connectivity index (χ1) is 11.1. The number of carbonyl (C=O) groups is 1. The molecule has 0 bridgehead atoms. The molecule has 0 atom stereocenters. The minimum Gasteiger partial charge on any atom is -0.452 e. The van der Waals surface area contributed by atoms with Gasteiger partial charge in [-0.2, -0.15) is 4.98 Å².